The number of ether oxygens (including phenoxy) is 1. The number of amides is 3. The molecule has 1 aromatic heterocycles. The maximum atomic E-state index is 12.2. The number of hydrogen-bond donors (Lipinski definition) is 1. The molecule has 3 amide bonds. The fourth-order valence-electron chi connectivity index (χ4n) is 2.65. The standard InChI is InChI=1S/C18H17N3O6/c1-2-26-17(25)13-10-27-18(19-13)20-14(22)8-5-9-21-15(23)11-6-3-4-7-12(11)16(21)24/h3-4,6-7,10H,2,5,8-9H2,1H3,(H,19,20,22). The van der Waals surface area contributed by atoms with E-state index in [0.717, 1.165) is 11.2 Å². The van der Waals surface area contributed by atoms with Crippen molar-refractivity contribution in [3.05, 3.63) is 47.3 Å². The van der Waals surface area contributed by atoms with Crippen molar-refractivity contribution in [2.24, 2.45) is 0 Å². The van der Waals surface area contributed by atoms with E-state index < -0.39 is 11.9 Å². The monoisotopic (exact) mass is 371 g/mol. The van der Waals surface area contributed by atoms with Crippen LogP contribution >= 0.6 is 0 Å². The number of esters is 1. The summed E-state index contributed by atoms with van der Waals surface area (Å²) in [4.78, 5) is 52.8. The summed E-state index contributed by atoms with van der Waals surface area (Å²) in [6, 6.07) is 6.48. The first-order valence-corrected chi connectivity index (χ1v) is 8.39. The quantitative estimate of drug-likeness (QED) is 0.583. The lowest BCUT2D eigenvalue weighted by molar-refractivity contribution is -0.116. The number of fused-ring (bicyclic) bond motifs is 1. The largest absolute Gasteiger partial charge is 0.461 e. The third-order valence-electron chi connectivity index (χ3n) is 3.90. The summed E-state index contributed by atoms with van der Waals surface area (Å²) in [5.41, 5.74) is 0.703. The lowest BCUT2D eigenvalue weighted by atomic mass is 10.1. The Hall–Kier alpha value is -3.49. The number of benzene rings is 1. The molecule has 1 aliphatic heterocycles. The van der Waals surface area contributed by atoms with E-state index in [4.69, 9.17) is 9.15 Å². The first-order chi connectivity index (χ1) is 13.0. The van der Waals surface area contributed by atoms with Crippen molar-refractivity contribution in [3.8, 4) is 0 Å². The predicted octanol–water partition coefficient (Wildman–Crippen LogP) is 1.87. The van der Waals surface area contributed by atoms with Gasteiger partial charge in [0.2, 0.25) is 5.91 Å². The zero-order valence-electron chi connectivity index (χ0n) is 14.6. The maximum Gasteiger partial charge on any atom is 0.360 e. The van der Waals surface area contributed by atoms with Crippen LogP contribution in [0.5, 0.6) is 0 Å². The third-order valence-corrected chi connectivity index (χ3v) is 3.90. The Balaban J connectivity index is 1.49. The number of anilines is 1. The molecule has 0 unspecified atom stereocenters. The minimum Gasteiger partial charge on any atom is -0.461 e. The van der Waals surface area contributed by atoms with Crippen LogP contribution in [0.2, 0.25) is 0 Å². The molecule has 1 aromatic carbocycles. The molecular formula is C18H17N3O6. The lowest BCUT2D eigenvalue weighted by Crippen LogP contribution is -2.31. The first-order valence-electron chi connectivity index (χ1n) is 8.39. The topological polar surface area (TPSA) is 119 Å². The van der Waals surface area contributed by atoms with Gasteiger partial charge in [-0.15, -0.1) is 0 Å². The number of carbonyl (C=O) groups excluding carboxylic acids is 4. The van der Waals surface area contributed by atoms with Crippen molar-refractivity contribution in [2.75, 3.05) is 18.5 Å². The van der Waals surface area contributed by atoms with Gasteiger partial charge in [-0.25, -0.2) is 4.79 Å². The van der Waals surface area contributed by atoms with Gasteiger partial charge in [0.25, 0.3) is 11.8 Å². The van der Waals surface area contributed by atoms with Crippen LogP contribution in [0, 0.1) is 0 Å². The number of oxazole rings is 1. The van der Waals surface area contributed by atoms with Crippen LogP contribution in [0.1, 0.15) is 51.0 Å². The minimum absolute atomic E-state index is 0.0434. The second-order valence-corrected chi connectivity index (χ2v) is 5.72. The average molecular weight is 371 g/mol. The molecule has 0 saturated heterocycles. The molecule has 1 aliphatic rings. The Labute approximate surface area is 154 Å². The summed E-state index contributed by atoms with van der Waals surface area (Å²) in [6.07, 6.45) is 1.42. The summed E-state index contributed by atoms with van der Waals surface area (Å²) < 4.78 is 9.77. The zero-order chi connectivity index (χ0) is 19.4. The summed E-state index contributed by atoms with van der Waals surface area (Å²) in [5.74, 6) is -1.78. The van der Waals surface area contributed by atoms with Gasteiger partial charge >= 0.3 is 12.0 Å². The number of aromatic nitrogens is 1. The van der Waals surface area contributed by atoms with Gasteiger partial charge in [-0.2, -0.15) is 4.98 Å². The lowest BCUT2D eigenvalue weighted by Gasteiger charge is -2.13. The second kappa shape index (κ2) is 7.81. The van der Waals surface area contributed by atoms with Crippen LogP contribution in [-0.2, 0) is 9.53 Å². The van der Waals surface area contributed by atoms with E-state index in [0.29, 0.717) is 11.1 Å². The van der Waals surface area contributed by atoms with Crippen molar-refractivity contribution in [1.82, 2.24) is 9.88 Å². The van der Waals surface area contributed by atoms with Gasteiger partial charge in [0.15, 0.2) is 5.69 Å². The van der Waals surface area contributed by atoms with E-state index in [1.807, 2.05) is 0 Å². The molecule has 2 aromatic rings. The minimum atomic E-state index is -0.646. The van der Waals surface area contributed by atoms with Gasteiger partial charge in [0.05, 0.1) is 17.7 Å². The number of carbonyl (C=O) groups is 4. The molecule has 0 saturated carbocycles. The molecule has 0 spiro atoms. The number of hydrogen-bond acceptors (Lipinski definition) is 7. The highest BCUT2D eigenvalue weighted by atomic mass is 16.5. The smallest absolute Gasteiger partial charge is 0.360 e. The second-order valence-electron chi connectivity index (χ2n) is 5.72. The highest BCUT2D eigenvalue weighted by Crippen LogP contribution is 2.22. The van der Waals surface area contributed by atoms with Crippen molar-refractivity contribution in [2.45, 2.75) is 19.8 Å². The number of rotatable bonds is 7. The van der Waals surface area contributed by atoms with Gasteiger partial charge in [-0.3, -0.25) is 24.6 Å². The van der Waals surface area contributed by atoms with Crippen LogP contribution < -0.4 is 5.32 Å². The van der Waals surface area contributed by atoms with E-state index in [-0.39, 0.29) is 49.5 Å². The SMILES string of the molecule is CCOC(=O)c1coc(NC(=O)CCCN2C(=O)c3ccccc3C2=O)n1. The molecule has 3 rings (SSSR count). The molecule has 27 heavy (non-hydrogen) atoms. The van der Waals surface area contributed by atoms with E-state index >= 15 is 0 Å². The van der Waals surface area contributed by atoms with E-state index in [9.17, 15) is 19.2 Å². The number of nitrogens with zero attached hydrogens (tertiary/aromatic N) is 2. The zero-order valence-corrected chi connectivity index (χ0v) is 14.6. The van der Waals surface area contributed by atoms with Gasteiger partial charge in [-0.1, -0.05) is 12.1 Å². The fraction of sp³-hybridized carbons (Fsp3) is 0.278. The Morgan fingerprint density at radius 2 is 1.85 bits per heavy atom. The summed E-state index contributed by atoms with van der Waals surface area (Å²) >= 11 is 0. The summed E-state index contributed by atoms with van der Waals surface area (Å²) in [6.45, 7) is 1.99. The molecule has 0 aliphatic carbocycles. The molecular weight excluding hydrogens is 354 g/mol. The molecule has 140 valence electrons. The van der Waals surface area contributed by atoms with Crippen LogP contribution in [0.3, 0.4) is 0 Å². The van der Waals surface area contributed by atoms with Gasteiger partial charge in [0.1, 0.15) is 6.26 Å². The van der Waals surface area contributed by atoms with Crippen molar-refractivity contribution in [3.63, 3.8) is 0 Å². The molecule has 2 heterocycles. The average Bonchev–Trinajstić information content (AvgIpc) is 3.21. The summed E-state index contributed by atoms with van der Waals surface area (Å²) in [5, 5.41) is 2.41. The third kappa shape index (κ3) is 3.86. The highest BCUT2D eigenvalue weighted by molar-refractivity contribution is 6.21. The highest BCUT2D eigenvalue weighted by Gasteiger charge is 2.34. The first kappa shape index (κ1) is 18.3. The Morgan fingerprint density at radius 1 is 1.19 bits per heavy atom. The van der Waals surface area contributed by atoms with Crippen LogP contribution in [0.15, 0.2) is 34.9 Å². The normalized spacial score (nSPS) is 12.9. The van der Waals surface area contributed by atoms with Crippen molar-refractivity contribution in [1.29, 1.82) is 0 Å². The molecule has 9 nitrogen and oxygen atoms in total. The molecule has 9 heteroatoms. The number of imide groups is 1. The Morgan fingerprint density at radius 3 is 2.48 bits per heavy atom. The molecule has 0 fully saturated rings. The van der Waals surface area contributed by atoms with E-state index in [1.165, 1.54) is 0 Å². The van der Waals surface area contributed by atoms with Crippen LogP contribution in [0.4, 0.5) is 6.01 Å². The van der Waals surface area contributed by atoms with Crippen LogP contribution in [-0.4, -0.2) is 46.7 Å². The van der Waals surface area contributed by atoms with E-state index in [1.54, 1.807) is 31.2 Å². The fourth-order valence-corrected chi connectivity index (χ4v) is 2.65. The summed E-state index contributed by atoms with van der Waals surface area (Å²) in [7, 11) is 0. The van der Waals surface area contributed by atoms with Gasteiger partial charge in [0, 0.05) is 13.0 Å². The number of nitrogens with one attached hydrogen (secondary N) is 1. The van der Waals surface area contributed by atoms with Gasteiger partial charge in [-0.05, 0) is 25.5 Å². The van der Waals surface area contributed by atoms with Crippen LogP contribution in [0.25, 0.3) is 0 Å². The molecule has 0 bridgehead atoms. The molecule has 0 radical (unpaired) electrons. The van der Waals surface area contributed by atoms with Crippen molar-refractivity contribution < 1.29 is 28.3 Å². The van der Waals surface area contributed by atoms with Gasteiger partial charge < -0.3 is 9.15 Å². The maximum absolute atomic E-state index is 12.2. The predicted molar refractivity (Wildman–Crippen MR) is 92.1 cm³/mol. The molecule has 0 atom stereocenters. The Bertz CT molecular complexity index is 869. The molecule has 1 N–H and O–H groups in total. The van der Waals surface area contributed by atoms with E-state index in [2.05, 4.69) is 10.3 Å². The Kier molecular flexibility index (Phi) is 5.30. The van der Waals surface area contributed by atoms with Crippen molar-refractivity contribution >= 4 is 29.7 Å².